The summed E-state index contributed by atoms with van der Waals surface area (Å²) < 4.78 is 5.59. The van der Waals surface area contributed by atoms with Gasteiger partial charge in [0.15, 0.2) is 0 Å². The van der Waals surface area contributed by atoms with E-state index in [0.717, 1.165) is 24.6 Å². The quantitative estimate of drug-likeness (QED) is 0.838. The monoisotopic (exact) mass is 261 g/mol. The minimum absolute atomic E-state index is 0.560. The smallest absolute Gasteiger partial charge is 0.122 e. The van der Waals surface area contributed by atoms with Gasteiger partial charge in [0.25, 0.3) is 0 Å². The van der Waals surface area contributed by atoms with Gasteiger partial charge in [0.2, 0.25) is 0 Å². The van der Waals surface area contributed by atoms with E-state index >= 15 is 0 Å². The molecule has 2 rings (SSSR count). The lowest BCUT2D eigenvalue weighted by Gasteiger charge is -2.35. The predicted octanol–water partition coefficient (Wildman–Crippen LogP) is 4.05. The van der Waals surface area contributed by atoms with E-state index < -0.39 is 0 Å². The highest BCUT2D eigenvalue weighted by molar-refractivity contribution is 5.41. The minimum Gasteiger partial charge on any atom is -0.496 e. The molecule has 2 N–H and O–H groups in total. The van der Waals surface area contributed by atoms with Gasteiger partial charge in [-0.1, -0.05) is 32.4 Å². The Balaban J connectivity index is 2.34. The van der Waals surface area contributed by atoms with Gasteiger partial charge in [0.05, 0.1) is 7.11 Å². The fourth-order valence-electron chi connectivity index (χ4n) is 3.07. The number of rotatable bonds is 6. The number of ether oxygens (including phenoxy) is 1. The Labute approximate surface area is 117 Å². The van der Waals surface area contributed by atoms with E-state index in [9.17, 15) is 0 Å². The zero-order chi connectivity index (χ0) is 13.8. The first-order chi connectivity index (χ1) is 9.17. The molecule has 106 valence electrons. The highest BCUT2D eigenvalue weighted by Crippen LogP contribution is 2.44. The fourth-order valence-corrected chi connectivity index (χ4v) is 3.07. The van der Waals surface area contributed by atoms with Crippen molar-refractivity contribution in [2.24, 2.45) is 11.7 Å². The fraction of sp³-hybridized carbons (Fsp3) is 0.647. The summed E-state index contributed by atoms with van der Waals surface area (Å²) in [4.78, 5) is 0. The van der Waals surface area contributed by atoms with Crippen LogP contribution in [0, 0.1) is 5.92 Å². The molecule has 0 aromatic heterocycles. The van der Waals surface area contributed by atoms with Crippen molar-refractivity contribution in [2.75, 3.05) is 13.7 Å². The number of hydrogen-bond acceptors (Lipinski definition) is 2. The summed E-state index contributed by atoms with van der Waals surface area (Å²) >= 11 is 0. The van der Waals surface area contributed by atoms with Gasteiger partial charge in [-0.05, 0) is 60.8 Å². The van der Waals surface area contributed by atoms with Gasteiger partial charge < -0.3 is 10.5 Å². The molecule has 0 saturated heterocycles. The van der Waals surface area contributed by atoms with Crippen molar-refractivity contribution in [3.8, 4) is 5.75 Å². The Hall–Kier alpha value is -1.02. The van der Waals surface area contributed by atoms with Crippen LogP contribution in [0.5, 0.6) is 5.75 Å². The zero-order valence-electron chi connectivity index (χ0n) is 12.5. The second kappa shape index (κ2) is 6.42. The molecule has 2 heteroatoms. The van der Waals surface area contributed by atoms with E-state index in [1.54, 1.807) is 7.11 Å². The van der Waals surface area contributed by atoms with Crippen LogP contribution in [0.3, 0.4) is 0 Å². The third kappa shape index (κ3) is 3.11. The summed E-state index contributed by atoms with van der Waals surface area (Å²) in [6.07, 6.45) is 5.14. The molecule has 0 spiro atoms. The van der Waals surface area contributed by atoms with E-state index in [4.69, 9.17) is 10.5 Å². The molecular weight excluding hydrogens is 234 g/mol. The van der Waals surface area contributed by atoms with E-state index in [1.165, 1.54) is 30.4 Å². The van der Waals surface area contributed by atoms with Crippen LogP contribution < -0.4 is 10.5 Å². The number of benzene rings is 1. The number of methoxy groups -OCH3 is 1. The Bertz CT molecular complexity index is 410. The third-order valence-corrected chi connectivity index (χ3v) is 4.52. The molecule has 1 fully saturated rings. The van der Waals surface area contributed by atoms with Crippen molar-refractivity contribution < 1.29 is 4.74 Å². The Morgan fingerprint density at radius 2 is 2.05 bits per heavy atom. The van der Waals surface area contributed by atoms with E-state index in [2.05, 4.69) is 32.0 Å². The predicted molar refractivity (Wildman–Crippen MR) is 80.8 cm³/mol. The topological polar surface area (TPSA) is 35.2 Å². The molecule has 0 bridgehead atoms. The van der Waals surface area contributed by atoms with E-state index in [-0.39, 0.29) is 0 Å². The first-order valence-corrected chi connectivity index (χ1v) is 7.55. The Morgan fingerprint density at radius 3 is 2.53 bits per heavy atom. The molecule has 2 nitrogen and oxygen atoms in total. The molecule has 1 atom stereocenters. The van der Waals surface area contributed by atoms with Crippen molar-refractivity contribution in [2.45, 2.75) is 51.4 Å². The molecule has 0 heterocycles. The van der Waals surface area contributed by atoms with Crippen molar-refractivity contribution in [1.82, 2.24) is 0 Å². The van der Waals surface area contributed by atoms with Gasteiger partial charge in [0, 0.05) is 0 Å². The largest absolute Gasteiger partial charge is 0.496 e. The zero-order valence-corrected chi connectivity index (χ0v) is 12.5. The molecule has 19 heavy (non-hydrogen) atoms. The van der Waals surface area contributed by atoms with Gasteiger partial charge in [-0.3, -0.25) is 0 Å². The normalized spacial score (nSPS) is 17.3. The molecule has 0 amide bonds. The highest BCUT2D eigenvalue weighted by atomic mass is 16.5. The summed E-state index contributed by atoms with van der Waals surface area (Å²) in [5.74, 6) is 2.98. The van der Waals surface area contributed by atoms with Gasteiger partial charge in [-0.15, -0.1) is 0 Å². The molecule has 1 aromatic carbocycles. The van der Waals surface area contributed by atoms with Gasteiger partial charge in [0.1, 0.15) is 5.75 Å². The minimum atomic E-state index is 0.560. The molecule has 1 aliphatic carbocycles. The lowest BCUT2D eigenvalue weighted by molar-refractivity contribution is 0.248. The summed E-state index contributed by atoms with van der Waals surface area (Å²) in [6.45, 7) is 5.25. The molecule has 0 aliphatic heterocycles. The number of nitrogens with two attached hydrogens (primary N) is 1. The van der Waals surface area contributed by atoms with Crippen molar-refractivity contribution in [1.29, 1.82) is 0 Å². The molecule has 1 aliphatic rings. The van der Waals surface area contributed by atoms with Crippen molar-refractivity contribution in [3.05, 3.63) is 29.3 Å². The summed E-state index contributed by atoms with van der Waals surface area (Å²) in [5, 5.41) is 0. The lowest BCUT2D eigenvalue weighted by atomic mass is 9.71. The second-order valence-corrected chi connectivity index (χ2v) is 6.03. The maximum absolute atomic E-state index is 5.83. The van der Waals surface area contributed by atoms with Crippen molar-refractivity contribution >= 4 is 0 Å². The average molecular weight is 261 g/mol. The molecule has 1 unspecified atom stereocenters. The maximum Gasteiger partial charge on any atom is 0.122 e. The molecular formula is C17H27NO. The molecule has 1 aromatic rings. The second-order valence-electron chi connectivity index (χ2n) is 6.03. The number of hydrogen-bond donors (Lipinski definition) is 1. The van der Waals surface area contributed by atoms with E-state index in [0.29, 0.717) is 11.8 Å². The van der Waals surface area contributed by atoms with Crippen LogP contribution in [0.25, 0.3) is 0 Å². The first kappa shape index (κ1) is 14.4. The standard InChI is InChI=1S/C17H27NO/c1-12(2)14-7-8-17(19-3)16(11-14)15(9-10-18)13-5-4-6-13/h7-8,11-13,15H,4-6,9-10,18H2,1-3H3. The molecule has 0 radical (unpaired) electrons. The lowest BCUT2D eigenvalue weighted by Crippen LogP contribution is -2.23. The van der Waals surface area contributed by atoms with E-state index in [1.807, 2.05) is 0 Å². The van der Waals surface area contributed by atoms with Crippen LogP contribution in [-0.4, -0.2) is 13.7 Å². The molecule has 1 saturated carbocycles. The highest BCUT2D eigenvalue weighted by Gasteiger charge is 2.30. The Kier molecular flexibility index (Phi) is 4.87. The SMILES string of the molecule is COc1ccc(C(C)C)cc1C(CCN)C1CCC1. The van der Waals surface area contributed by atoms with Crippen LogP contribution in [-0.2, 0) is 0 Å². The van der Waals surface area contributed by atoms with Crippen molar-refractivity contribution in [3.63, 3.8) is 0 Å². The third-order valence-electron chi connectivity index (χ3n) is 4.52. The van der Waals surface area contributed by atoms with Crippen LogP contribution in [0.2, 0.25) is 0 Å². The summed E-state index contributed by atoms with van der Waals surface area (Å²) in [7, 11) is 1.77. The van der Waals surface area contributed by atoms with Crippen LogP contribution in [0.1, 0.15) is 62.5 Å². The first-order valence-electron chi connectivity index (χ1n) is 7.55. The van der Waals surface area contributed by atoms with Crippen LogP contribution >= 0.6 is 0 Å². The summed E-state index contributed by atoms with van der Waals surface area (Å²) in [5.41, 5.74) is 8.61. The Morgan fingerprint density at radius 1 is 1.32 bits per heavy atom. The maximum atomic E-state index is 5.83. The van der Waals surface area contributed by atoms with Gasteiger partial charge in [-0.2, -0.15) is 0 Å². The van der Waals surface area contributed by atoms with Crippen LogP contribution in [0.15, 0.2) is 18.2 Å². The van der Waals surface area contributed by atoms with Gasteiger partial charge in [-0.25, -0.2) is 0 Å². The van der Waals surface area contributed by atoms with Gasteiger partial charge >= 0.3 is 0 Å². The summed E-state index contributed by atoms with van der Waals surface area (Å²) in [6, 6.07) is 6.67. The van der Waals surface area contributed by atoms with Crippen LogP contribution in [0.4, 0.5) is 0 Å². The average Bonchev–Trinajstić information content (AvgIpc) is 2.35.